The van der Waals surface area contributed by atoms with Gasteiger partial charge >= 0.3 is 6.09 Å². The first kappa shape index (κ1) is 29.2. The van der Waals surface area contributed by atoms with Crippen molar-refractivity contribution < 1.29 is 27.2 Å². The average molecular weight is 486 g/mol. The maximum Gasteiger partial charge on any atom is 0.407 e. The number of hydrogen-bond donors (Lipinski definition) is 2. The predicted molar refractivity (Wildman–Crippen MR) is 132 cm³/mol. The van der Waals surface area contributed by atoms with Crippen molar-refractivity contribution in [3.05, 3.63) is 29.3 Å². The van der Waals surface area contributed by atoms with Crippen LogP contribution in [0.3, 0.4) is 0 Å². The lowest BCUT2D eigenvalue weighted by Crippen LogP contribution is -2.28. The molecule has 1 aromatic carbocycles. The summed E-state index contributed by atoms with van der Waals surface area (Å²) in [4.78, 5) is 12.3. The van der Waals surface area contributed by atoms with Gasteiger partial charge in [0.2, 0.25) is 0 Å². The third-order valence-electron chi connectivity index (χ3n) is 5.74. The fourth-order valence-electron chi connectivity index (χ4n) is 3.85. The van der Waals surface area contributed by atoms with Crippen LogP contribution in [0, 0.1) is 6.92 Å². The van der Waals surface area contributed by atoms with E-state index in [1.54, 1.807) is 7.11 Å². The highest BCUT2D eigenvalue weighted by Gasteiger charge is 2.19. The molecular formula is C25H43NO6S. The summed E-state index contributed by atoms with van der Waals surface area (Å²) in [5, 5.41) is 2.58. The second-order valence-electron chi connectivity index (χ2n) is 8.65. The van der Waals surface area contributed by atoms with Gasteiger partial charge in [0.15, 0.2) is 0 Å². The zero-order valence-corrected chi connectivity index (χ0v) is 21.4. The largest absolute Gasteiger partial charge is 0.497 e. The number of nitrogens with one attached hydrogen (secondary N) is 1. The van der Waals surface area contributed by atoms with E-state index in [1.165, 1.54) is 51.4 Å². The van der Waals surface area contributed by atoms with Crippen LogP contribution in [0.25, 0.3) is 0 Å². The molecule has 1 unspecified atom stereocenters. The van der Waals surface area contributed by atoms with Gasteiger partial charge in [-0.25, -0.2) is 4.79 Å². The van der Waals surface area contributed by atoms with Crippen LogP contribution in [0.2, 0.25) is 0 Å². The number of carbonyl (C=O) groups excluding carboxylic acids is 1. The van der Waals surface area contributed by atoms with E-state index in [2.05, 4.69) is 12.2 Å². The molecule has 0 spiro atoms. The zero-order valence-electron chi connectivity index (χ0n) is 20.6. The Balaban J connectivity index is 2.51. The summed E-state index contributed by atoms with van der Waals surface area (Å²) >= 11 is 0. The Hall–Kier alpha value is -1.80. The van der Waals surface area contributed by atoms with Gasteiger partial charge in [-0.2, -0.15) is 8.42 Å². The van der Waals surface area contributed by atoms with Gasteiger partial charge in [-0.1, -0.05) is 70.8 Å². The van der Waals surface area contributed by atoms with Crippen molar-refractivity contribution in [2.24, 2.45) is 0 Å². The van der Waals surface area contributed by atoms with Crippen LogP contribution < -0.4 is 10.1 Å². The second kappa shape index (κ2) is 16.8. The summed E-state index contributed by atoms with van der Waals surface area (Å²) in [6.07, 6.45) is 12.2. The van der Waals surface area contributed by atoms with E-state index in [0.29, 0.717) is 0 Å². The smallest absolute Gasteiger partial charge is 0.407 e. The highest BCUT2D eigenvalue weighted by molar-refractivity contribution is 7.85. The lowest BCUT2D eigenvalue weighted by Gasteiger charge is -2.21. The van der Waals surface area contributed by atoms with Crippen LogP contribution >= 0.6 is 0 Å². The summed E-state index contributed by atoms with van der Waals surface area (Å²) in [6.45, 7) is 4.32. The molecule has 1 rings (SSSR count). The third-order valence-corrected chi connectivity index (χ3v) is 6.55. The second-order valence-corrected chi connectivity index (χ2v) is 10.2. The molecule has 0 aromatic heterocycles. The number of amides is 1. The first-order valence-electron chi connectivity index (χ1n) is 12.3. The number of ether oxygens (including phenoxy) is 2. The minimum absolute atomic E-state index is 0.116. The van der Waals surface area contributed by atoms with Gasteiger partial charge in [-0.3, -0.25) is 4.55 Å². The maximum absolute atomic E-state index is 12.3. The van der Waals surface area contributed by atoms with Gasteiger partial charge in [-0.05, 0) is 49.4 Å². The molecule has 7 nitrogen and oxygen atoms in total. The molecule has 0 aliphatic rings. The summed E-state index contributed by atoms with van der Waals surface area (Å²) in [6, 6.07) is 5.72. The number of benzene rings is 1. The summed E-state index contributed by atoms with van der Waals surface area (Å²) in [5.74, 6) is 0.357. The molecule has 1 aromatic rings. The molecule has 190 valence electrons. The SMILES string of the molecule is CCCCCCCCCCCCC(OC(=O)NCCCS(=O)(=O)O)c1ccc(OC)cc1C. The number of rotatable bonds is 18. The number of methoxy groups -OCH3 is 1. The molecule has 8 heteroatoms. The van der Waals surface area contributed by atoms with Crippen molar-refractivity contribution in [1.82, 2.24) is 5.32 Å². The molecule has 0 fully saturated rings. The Morgan fingerprint density at radius 3 is 2.15 bits per heavy atom. The van der Waals surface area contributed by atoms with E-state index >= 15 is 0 Å². The number of carbonyl (C=O) groups is 1. The molecule has 0 saturated carbocycles. The Morgan fingerprint density at radius 2 is 1.61 bits per heavy atom. The molecule has 33 heavy (non-hydrogen) atoms. The van der Waals surface area contributed by atoms with E-state index in [1.807, 2.05) is 25.1 Å². The van der Waals surface area contributed by atoms with Gasteiger partial charge < -0.3 is 14.8 Å². The Kier molecular flexibility index (Phi) is 14.8. The lowest BCUT2D eigenvalue weighted by atomic mass is 9.97. The van der Waals surface area contributed by atoms with Gasteiger partial charge in [0.1, 0.15) is 11.9 Å². The van der Waals surface area contributed by atoms with Crippen LogP contribution in [-0.2, 0) is 14.9 Å². The molecule has 0 saturated heterocycles. The minimum atomic E-state index is -4.03. The van der Waals surface area contributed by atoms with Crippen molar-refractivity contribution in [3.8, 4) is 5.75 Å². The highest BCUT2D eigenvalue weighted by Crippen LogP contribution is 2.29. The normalized spacial score (nSPS) is 12.4. The summed E-state index contributed by atoms with van der Waals surface area (Å²) < 4.78 is 41.4. The fourth-order valence-corrected chi connectivity index (χ4v) is 4.36. The monoisotopic (exact) mass is 485 g/mol. The minimum Gasteiger partial charge on any atom is -0.497 e. The van der Waals surface area contributed by atoms with E-state index in [-0.39, 0.29) is 19.1 Å². The molecule has 0 aliphatic carbocycles. The third kappa shape index (κ3) is 14.1. The molecule has 2 N–H and O–H groups in total. The quantitative estimate of drug-likeness (QED) is 0.185. The van der Waals surface area contributed by atoms with E-state index < -0.39 is 22.0 Å². The average Bonchev–Trinajstić information content (AvgIpc) is 2.76. The Labute approximate surface area is 200 Å². The van der Waals surface area contributed by atoms with Gasteiger partial charge in [0, 0.05) is 6.54 Å². The molecule has 1 atom stereocenters. The van der Waals surface area contributed by atoms with E-state index in [9.17, 15) is 13.2 Å². The topological polar surface area (TPSA) is 102 Å². The van der Waals surface area contributed by atoms with Crippen LogP contribution in [0.15, 0.2) is 18.2 Å². The standard InChI is InChI=1S/C25H43NO6S/c1-4-5-6-7-8-9-10-11-12-13-15-24(23-17-16-22(31-3)20-21(23)2)32-25(27)26-18-14-19-33(28,29)30/h16-17,20,24H,4-15,18-19H2,1-3H3,(H,26,27)(H,28,29,30). The van der Waals surface area contributed by atoms with Crippen LogP contribution in [0.1, 0.15) is 101 Å². The first-order chi connectivity index (χ1) is 15.8. The van der Waals surface area contributed by atoms with Crippen molar-refractivity contribution >= 4 is 16.2 Å². The Morgan fingerprint density at radius 1 is 1.00 bits per heavy atom. The van der Waals surface area contributed by atoms with Gasteiger partial charge in [0.25, 0.3) is 10.1 Å². The fraction of sp³-hybridized carbons (Fsp3) is 0.720. The van der Waals surface area contributed by atoms with Crippen molar-refractivity contribution in [2.75, 3.05) is 19.4 Å². The van der Waals surface area contributed by atoms with Gasteiger partial charge in [-0.15, -0.1) is 0 Å². The first-order valence-corrected chi connectivity index (χ1v) is 13.9. The van der Waals surface area contributed by atoms with Crippen LogP contribution in [0.5, 0.6) is 5.75 Å². The number of hydrogen-bond acceptors (Lipinski definition) is 5. The molecule has 0 radical (unpaired) electrons. The number of aryl methyl sites for hydroxylation is 1. The van der Waals surface area contributed by atoms with E-state index in [4.69, 9.17) is 14.0 Å². The number of unbranched alkanes of at least 4 members (excludes halogenated alkanes) is 9. The predicted octanol–water partition coefficient (Wildman–Crippen LogP) is 6.36. The molecule has 1 amide bonds. The highest BCUT2D eigenvalue weighted by atomic mass is 32.2. The van der Waals surface area contributed by atoms with E-state index in [0.717, 1.165) is 36.1 Å². The maximum atomic E-state index is 12.3. The van der Waals surface area contributed by atoms with Crippen molar-refractivity contribution in [3.63, 3.8) is 0 Å². The van der Waals surface area contributed by atoms with Crippen molar-refractivity contribution in [2.45, 2.75) is 97.0 Å². The number of alkyl carbamates (subject to hydrolysis) is 1. The van der Waals surface area contributed by atoms with Crippen LogP contribution in [-0.4, -0.2) is 38.5 Å². The molecule has 0 heterocycles. The Bertz CT molecular complexity index is 781. The van der Waals surface area contributed by atoms with Crippen LogP contribution in [0.4, 0.5) is 4.79 Å². The van der Waals surface area contributed by atoms with Crippen molar-refractivity contribution in [1.29, 1.82) is 0 Å². The zero-order chi connectivity index (χ0) is 24.5. The summed E-state index contributed by atoms with van der Waals surface area (Å²) in [7, 11) is -2.41. The molecule has 0 aliphatic heterocycles. The summed E-state index contributed by atoms with van der Waals surface area (Å²) in [5.41, 5.74) is 1.94. The molecule has 0 bridgehead atoms. The van der Waals surface area contributed by atoms with Gasteiger partial charge in [0.05, 0.1) is 12.9 Å². The lowest BCUT2D eigenvalue weighted by molar-refractivity contribution is 0.0904. The molecular weight excluding hydrogens is 442 g/mol.